The molecule has 146 valence electrons. The zero-order valence-corrected chi connectivity index (χ0v) is 17.5. The third-order valence-electron chi connectivity index (χ3n) is 5.59. The van der Waals surface area contributed by atoms with Crippen molar-refractivity contribution >= 4 is 41.0 Å². The smallest absolute Gasteiger partial charge is 0.262 e. The van der Waals surface area contributed by atoms with Crippen LogP contribution >= 0.6 is 23.4 Å². The summed E-state index contributed by atoms with van der Waals surface area (Å²) in [7, 11) is 0. The molecule has 3 atom stereocenters. The number of hydrogen-bond acceptors (Lipinski definition) is 3. The first-order valence-corrected chi connectivity index (χ1v) is 11.2. The van der Waals surface area contributed by atoms with Gasteiger partial charge in [-0.2, -0.15) is 0 Å². The van der Waals surface area contributed by atoms with Crippen LogP contribution in [0, 0.1) is 5.92 Å². The van der Waals surface area contributed by atoms with Gasteiger partial charge in [0.05, 0.1) is 4.91 Å². The number of amides is 1. The fraction of sp³-hybridized carbons (Fsp3) is 0.348. The van der Waals surface area contributed by atoms with Gasteiger partial charge in [-0.25, -0.2) is 0 Å². The van der Waals surface area contributed by atoms with Crippen LogP contribution in [0.15, 0.2) is 59.5 Å². The molecule has 1 saturated heterocycles. The molecule has 1 aliphatic heterocycles. The van der Waals surface area contributed by atoms with Gasteiger partial charge in [-0.3, -0.25) is 4.79 Å². The number of carbonyl (C=O) groups is 1. The van der Waals surface area contributed by atoms with Crippen molar-refractivity contribution < 1.29 is 4.79 Å². The number of thioether (sulfide) groups is 1. The molecule has 1 saturated carbocycles. The number of para-hydroxylation sites is 1. The average Bonchev–Trinajstić information content (AvgIpc) is 3.00. The molecule has 0 bridgehead atoms. The lowest BCUT2D eigenvalue weighted by Gasteiger charge is -2.39. The Hall–Kier alpha value is -1.91. The monoisotopic (exact) mass is 412 g/mol. The highest BCUT2D eigenvalue weighted by Crippen LogP contribution is 2.42. The predicted molar refractivity (Wildman–Crippen MR) is 119 cm³/mol. The Morgan fingerprint density at radius 2 is 1.79 bits per heavy atom. The number of nitrogens with one attached hydrogen (secondary N) is 1. The summed E-state index contributed by atoms with van der Waals surface area (Å²) >= 11 is 7.61. The predicted octanol–water partition coefficient (Wildman–Crippen LogP) is 6.23. The number of hydrogen-bond donors (Lipinski definition) is 1. The van der Waals surface area contributed by atoms with Crippen LogP contribution in [0.25, 0.3) is 6.08 Å². The van der Waals surface area contributed by atoms with E-state index >= 15 is 0 Å². The molecule has 28 heavy (non-hydrogen) atoms. The number of benzene rings is 2. The topological polar surface area (TPSA) is 32.3 Å². The molecule has 0 radical (unpaired) electrons. The number of carbonyl (C=O) groups excluding carboxylic acids is 1. The molecule has 0 spiro atoms. The van der Waals surface area contributed by atoms with Crippen molar-refractivity contribution in [2.24, 2.45) is 5.92 Å². The van der Waals surface area contributed by atoms with Crippen LogP contribution in [-0.4, -0.2) is 22.3 Å². The number of rotatable bonds is 4. The molecule has 2 aliphatic rings. The van der Waals surface area contributed by atoms with Gasteiger partial charge in [-0.15, -0.1) is 0 Å². The van der Waals surface area contributed by atoms with Crippen molar-refractivity contribution in [2.45, 2.75) is 44.1 Å². The standard InChI is InChI=1S/C23H25ClN2OS/c1-16-7-5-6-10-20(16)26-22(27)21(15-17-11-13-18(24)14-12-17)28-23(26)25-19-8-3-2-4-9-19/h2-4,8-9,11-16,20,23,25H,5-7,10H2,1H3/b21-15-/t16-,20+,23?/m1/s1. The molecule has 1 heterocycles. The molecule has 3 nitrogen and oxygen atoms in total. The second-order valence-electron chi connectivity index (χ2n) is 7.58. The molecule has 5 heteroatoms. The summed E-state index contributed by atoms with van der Waals surface area (Å²) in [6, 6.07) is 18.0. The second kappa shape index (κ2) is 8.62. The van der Waals surface area contributed by atoms with Gasteiger partial charge in [0.2, 0.25) is 0 Å². The maximum absolute atomic E-state index is 13.4. The Labute approximate surface area is 176 Å². The first kappa shape index (κ1) is 19.4. The number of halogens is 1. The van der Waals surface area contributed by atoms with E-state index in [1.807, 2.05) is 48.5 Å². The zero-order valence-electron chi connectivity index (χ0n) is 16.0. The SMILES string of the molecule is C[C@@H]1CCCC[C@@H]1N1C(=O)/C(=C/c2ccc(Cl)cc2)SC1Nc1ccccc1. The summed E-state index contributed by atoms with van der Waals surface area (Å²) in [5.74, 6) is 0.653. The Morgan fingerprint density at radius 3 is 2.50 bits per heavy atom. The van der Waals surface area contributed by atoms with Gasteiger partial charge in [0.1, 0.15) is 0 Å². The molecular formula is C23H25ClN2OS. The van der Waals surface area contributed by atoms with Crippen LogP contribution in [0.5, 0.6) is 0 Å². The van der Waals surface area contributed by atoms with Gasteiger partial charge >= 0.3 is 0 Å². The van der Waals surface area contributed by atoms with Crippen molar-refractivity contribution in [3.63, 3.8) is 0 Å². The molecule has 1 N–H and O–H groups in total. The molecule has 1 amide bonds. The summed E-state index contributed by atoms with van der Waals surface area (Å²) in [5, 5.41) is 4.27. The first-order chi connectivity index (χ1) is 13.6. The van der Waals surface area contributed by atoms with Crippen LogP contribution in [0.1, 0.15) is 38.2 Å². The largest absolute Gasteiger partial charge is 0.356 e. The highest BCUT2D eigenvalue weighted by atomic mass is 35.5. The number of anilines is 1. The highest BCUT2D eigenvalue weighted by Gasteiger charge is 2.42. The van der Waals surface area contributed by atoms with E-state index < -0.39 is 0 Å². The van der Waals surface area contributed by atoms with Crippen molar-refractivity contribution in [1.29, 1.82) is 0 Å². The number of nitrogens with zero attached hydrogens (tertiary/aromatic N) is 1. The Kier molecular flexibility index (Phi) is 5.98. The third kappa shape index (κ3) is 4.23. The van der Waals surface area contributed by atoms with E-state index in [-0.39, 0.29) is 17.4 Å². The maximum atomic E-state index is 13.4. The van der Waals surface area contributed by atoms with Crippen molar-refractivity contribution in [2.75, 3.05) is 5.32 Å². The van der Waals surface area contributed by atoms with E-state index in [1.165, 1.54) is 19.3 Å². The lowest BCUT2D eigenvalue weighted by molar-refractivity contribution is -0.129. The van der Waals surface area contributed by atoms with Crippen molar-refractivity contribution in [3.05, 3.63) is 70.1 Å². The zero-order chi connectivity index (χ0) is 19.5. The van der Waals surface area contributed by atoms with E-state index in [4.69, 9.17) is 11.6 Å². The summed E-state index contributed by atoms with van der Waals surface area (Å²) < 4.78 is 0. The quantitative estimate of drug-likeness (QED) is 0.604. The van der Waals surface area contributed by atoms with Gasteiger partial charge in [-0.1, -0.05) is 73.5 Å². The van der Waals surface area contributed by atoms with Crippen molar-refractivity contribution in [3.8, 4) is 0 Å². The summed E-state index contributed by atoms with van der Waals surface area (Å²) in [6.45, 7) is 2.28. The minimum absolute atomic E-state index is 0.0843. The molecular weight excluding hydrogens is 388 g/mol. The minimum Gasteiger partial charge on any atom is -0.356 e. The van der Waals surface area contributed by atoms with Gasteiger partial charge in [0.15, 0.2) is 5.50 Å². The highest BCUT2D eigenvalue weighted by molar-refractivity contribution is 8.05. The summed E-state index contributed by atoms with van der Waals surface area (Å²) in [6.07, 6.45) is 6.70. The van der Waals surface area contributed by atoms with Gasteiger partial charge in [0, 0.05) is 16.8 Å². The molecule has 0 aromatic heterocycles. The molecule has 2 aromatic carbocycles. The lowest BCUT2D eigenvalue weighted by atomic mass is 9.85. The minimum atomic E-state index is -0.0843. The van der Waals surface area contributed by atoms with Crippen molar-refractivity contribution in [1.82, 2.24) is 4.90 Å². The van der Waals surface area contributed by atoms with Crippen LogP contribution in [0.2, 0.25) is 5.02 Å². The van der Waals surface area contributed by atoms with Crippen LogP contribution < -0.4 is 5.32 Å². The molecule has 1 unspecified atom stereocenters. The van der Waals surface area contributed by atoms with E-state index in [0.717, 1.165) is 22.6 Å². The van der Waals surface area contributed by atoms with Crippen LogP contribution in [0.4, 0.5) is 5.69 Å². The van der Waals surface area contributed by atoms with E-state index in [1.54, 1.807) is 11.8 Å². The van der Waals surface area contributed by atoms with E-state index in [2.05, 4.69) is 29.3 Å². The van der Waals surface area contributed by atoms with Gasteiger partial charge in [-0.05, 0) is 54.7 Å². The molecule has 1 aliphatic carbocycles. The molecule has 4 rings (SSSR count). The molecule has 2 fully saturated rings. The van der Waals surface area contributed by atoms with Crippen LogP contribution in [-0.2, 0) is 4.79 Å². The fourth-order valence-electron chi connectivity index (χ4n) is 4.08. The normalized spacial score (nSPS) is 26.6. The summed E-state index contributed by atoms with van der Waals surface area (Å²) in [5.41, 5.74) is 1.95. The maximum Gasteiger partial charge on any atom is 0.262 e. The second-order valence-corrected chi connectivity index (χ2v) is 9.14. The summed E-state index contributed by atoms with van der Waals surface area (Å²) in [4.78, 5) is 16.3. The van der Waals surface area contributed by atoms with Gasteiger partial charge in [0.25, 0.3) is 5.91 Å². The molecule has 2 aromatic rings. The third-order valence-corrected chi connectivity index (χ3v) is 6.96. The lowest BCUT2D eigenvalue weighted by Crippen LogP contribution is -2.48. The van der Waals surface area contributed by atoms with Crippen LogP contribution in [0.3, 0.4) is 0 Å². The van der Waals surface area contributed by atoms with E-state index in [9.17, 15) is 4.79 Å². The first-order valence-electron chi connectivity index (χ1n) is 9.90. The van der Waals surface area contributed by atoms with E-state index in [0.29, 0.717) is 10.9 Å². The Balaban J connectivity index is 1.63. The van der Waals surface area contributed by atoms with Gasteiger partial charge < -0.3 is 10.2 Å². The fourth-order valence-corrected chi connectivity index (χ4v) is 5.42. The Morgan fingerprint density at radius 1 is 1.07 bits per heavy atom. The Bertz CT molecular complexity index is 853. The average molecular weight is 413 g/mol.